The summed E-state index contributed by atoms with van der Waals surface area (Å²) in [5, 5.41) is 0. The molecule has 0 N–H and O–H groups in total. The average Bonchev–Trinajstić information content (AvgIpc) is 3.38. The Bertz CT molecular complexity index is 1400. The Morgan fingerprint density at radius 2 is 1.29 bits per heavy atom. The van der Waals surface area contributed by atoms with Crippen molar-refractivity contribution in [1.82, 2.24) is 9.55 Å². The summed E-state index contributed by atoms with van der Waals surface area (Å²) in [5.41, 5.74) is 10.1. The topological polar surface area (TPSA) is 17.8 Å². The van der Waals surface area contributed by atoms with E-state index in [9.17, 15) is 0 Å². The van der Waals surface area contributed by atoms with E-state index in [1.807, 2.05) is 12.3 Å². The van der Waals surface area contributed by atoms with Gasteiger partial charge in [0.05, 0.1) is 5.69 Å². The van der Waals surface area contributed by atoms with Crippen molar-refractivity contribution in [3.8, 4) is 39.3 Å². The Labute approximate surface area is 202 Å². The Morgan fingerprint density at radius 3 is 1.91 bits per heavy atom. The summed E-state index contributed by atoms with van der Waals surface area (Å²) in [7, 11) is 0. The van der Waals surface area contributed by atoms with Gasteiger partial charge in [-0.05, 0) is 57.9 Å². The molecule has 0 fully saturated rings. The molecule has 2 heteroatoms. The molecule has 0 spiro atoms. The van der Waals surface area contributed by atoms with E-state index in [0.29, 0.717) is 5.92 Å². The lowest BCUT2D eigenvalue weighted by Gasteiger charge is -2.22. The summed E-state index contributed by atoms with van der Waals surface area (Å²) in [5.74, 6) is 1.35. The van der Waals surface area contributed by atoms with E-state index >= 15 is 0 Å². The van der Waals surface area contributed by atoms with E-state index < -0.39 is 0 Å². The maximum Gasteiger partial charge on any atom is 0.144 e. The zero-order chi connectivity index (χ0) is 23.5. The first-order valence-corrected chi connectivity index (χ1v) is 12.1. The standard InChI is InChI=1S/C32H30N2/c1-4-24-21-27(29-18-12-11-17-28(29)25-13-7-5-8-14-25)22-30(23(2)3)31(24)34-20-19-33-32(34)26-15-9-6-10-16-26/h5-23H,4H2,1-3H3. The third kappa shape index (κ3) is 4.08. The first-order valence-electron chi connectivity index (χ1n) is 12.1. The smallest absolute Gasteiger partial charge is 0.144 e. The zero-order valence-corrected chi connectivity index (χ0v) is 20.1. The van der Waals surface area contributed by atoms with E-state index in [1.165, 1.54) is 39.1 Å². The second-order valence-corrected chi connectivity index (χ2v) is 8.98. The number of hydrogen-bond acceptors (Lipinski definition) is 1. The maximum atomic E-state index is 4.74. The molecular weight excluding hydrogens is 412 g/mol. The van der Waals surface area contributed by atoms with Crippen LogP contribution in [0.3, 0.4) is 0 Å². The van der Waals surface area contributed by atoms with Gasteiger partial charge >= 0.3 is 0 Å². The van der Waals surface area contributed by atoms with Crippen LogP contribution in [0.25, 0.3) is 39.3 Å². The minimum atomic E-state index is 0.371. The lowest BCUT2D eigenvalue weighted by molar-refractivity contribution is 0.839. The van der Waals surface area contributed by atoms with E-state index in [4.69, 9.17) is 4.98 Å². The van der Waals surface area contributed by atoms with Crippen LogP contribution in [-0.4, -0.2) is 9.55 Å². The van der Waals surface area contributed by atoms with Crippen LogP contribution in [-0.2, 0) is 6.42 Å². The van der Waals surface area contributed by atoms with Crippen LogP contribution in [0.2, 0.25) is 0 Å². The molecule has 0 amide bonds. The van der Waals surface area contributed by atoms with Crippen molar-refractivity contribution in [3.05, 3.63) is 121 Å². The highest BCUT2D eigenvalue weighted by molar-refractivity contribution is 5.84. The predicted molar refractivity (Wildman–Crippen MR) is 143 cm³/mol. The van der Waals surface area contributed by atoms with Gasteiger partial charge in [0.2, 0.25) is 0 Å². The quantitative estimate of drug-likeness (QED) is 0.257. The van der Waals surface area contributed by atoms with Crippen LogP contribution >= 0.6 is 0 Å². The van der Waals surface area contributed by atoms with Gasteiger partial charge in [-0.15, -0.1) is 0 Å². The molecule has 4 aromatic carbocycles. The highest BCUT2D eigenvalue weighted by atomic mass is 15.1. The third-order valence-corrected chi connectivity index (χ3v) is 6.46. The number of rotatable bonds is 6. The summed E-state index contributed by atoms with van der Waals surface area (Å²) in [6.07, 6.45) is 4.95. The first-order chi connectivity index (χ1) is 16.7. The second-order valence-electron chi connectivity index (χ2n) is 8.98. The van der Waals surface area contributed by atoms with Crippen molar-refractivity contribution in [3.63, 3.8) is 0 Å². The van der Waals surface area contributed by atoms with Gasteiger partial charge < -0.3 is 0 Å². The Hall–Kier alpha value is -3.91. The summed E-state index contributed by atoms with van der Waals surface area (Å²) >= 11 is 0. The lowest BCUT2D eigenvalue weighted by atomic mass is 9.88. The molecule has 0 aliphatic rings. The number of hydrogen-bond donors (Lipinski definition) is 0. The molecule has 1 aromatic heterocycles. The molecule has 34 heavy (non-hydrogen) atoms. The molecule has 2 nitrogen and oxygen atoms in total. The summed E-state index contributed by atoms with van der Waals surface area (Å²) in [6.45, 7) is 6.81. The molecule has 0 unspecified atom stereocenters. The maximum absolute atomic E-state index is 4.74. The largest absolute Gasteiger partial charge is 0.299 e. The fraction of sp³-hybridized carbons (Fsp3) is 0.156. The minimum Gasteiger partial charge on any atom is -0.299 e. The summed E-state index contributed by atoms with van der Waals surface area (Å²) in [6, 6.07) is 34.6. The molecule has 0 atom stereocenters. The van der Waals surface area contributed by atoms with Gasteiger partial charge in [-0.1, -0.05) is 106 Å². The molecule has 0 radical (unpaired) electrons. The van der Waals surface area contributed by atoms with Gasteiger partial charge in [0, 0.05) is 18.0 Å². The Kier molecular flexibility index (Phi) is 6.14. The SMILES string of the molecule is CCc1cc(-c2ccccc2-c2ccccc2)cc(C(C)C)c1-n1ccnc1-c1ccccc1. The van der Waals surface area contributed by atoms with E-state index in [2.05, 4.69) is 123 Å². The summed E-state index contributed by atoms with van der Waals surface area (Å²) < 4.78 is 2.27. The van der Waals surface area contributed by atoms with Gasteiger partial charge in [0.15, 0.2) is 0 Å². The lowest BCUT2D eigenvalue weighted by Crippen LogP contribution is -2.07. The van der Waals surface area contributed by atoms with Gasteiger partial charge in [0.1, 0.15) is 5.82 Å². The van der Waals surface area contributed by atoms with Gasteiger partial charge in [-0.2, -0.15) is 0 Å². The highest BCUT2D eigenvalue weighted by Gasteiger charge is 2.19. The number of benzene rings is 4. The molecule has 0 saturated carbocycles. The molecule has 0 aliphatic heterocycles. The van der Waals surface area contributed by atoms with Crippen LogP contribution in [0.4, 0.5) is 0 Å². The van der Waals surface area contributed by atoms with E-state index in [1.54, 1.807) is 0 Å². The van der Waals surface area contributed by atoms with Crippen molar-refractivity contribution >= 4 is 0 Å². The van der Waals surface area contributed by atoms with Crippen molar-refractivity contribution in [1.29, 1.82) is 0 Å². The van der Waals surface area contributed by atoms with Crippen LogP contribution < -0.4 is 0 Å². The van der Waals surface area contributed by atoms with Crippen LogP contribution in [0.1, 0.15) is 37.8 Å². The minimum absolute atomic E-state index is 0.371. The summed E-state index contributed by atoms with van der Waals surface area (Å²) in [4.78, 5) is 4.74. The molecule has 0 saturated heterocycles. The van der Waals surface area contributed by atoms with Crippen LogP contribution in [0.15, 0.2) is 109 Å². The van der Waals surface area contributed by atoms with Crippen molar-refractivity contribution in [2.75, 3.05) is 0 Å². The van der Waals surface area contributed by atoms with Gasteiger partial charge in [0.25, 0.3) is 0 Å². The van der Waals surface area contributed by atoms with Crippen molar-refractivity contribution in [2.45, 2.75) is 33.1 Å². The molecule has 5 aromatic rings. The fourth-order valence-corrected chi connectivity index (χ4v) is 4.77. The normalized spacial score (nSPS) is 11.2. The molecule has 1 heterocycles. The monoisotopic (exact) mass is 442 g/mol. The predicted octanol–water partition coefficient (Wildman–Crippen LogP) is 8.56. The van der Waals surface area contributed by atoms with Crippen molar-refractivity contribution < 1.29 is 0 Å². The number of imidazole rings is 1. The first kappa shape index (κ1) is 21.9. The number of nitrogens with zero attached hydrogens (tertiary/aromatic N) is 2. The van der Waals surface area contributed by atoms with Crippen LogP contribution in [0.5, 0.6) is 0 Å². The van der Waals surface area contributed by atoms with Gasteiger partial charge in [-0.25, -0.2) is 4.98 Å². The fourth-order valence-electron chi connectivity index (χ4n) is 4.77. The zero-order valence-electron chi connectivity index (χ0n) is 20.1. The van der Waals surface area contributed by atoms with Crippen molar-refractivity contribution in [2.24, 2.45) is 0 Å². The third-order valence-electron chi connectivity index (χ3n) is 6.46. The van der Waals surface area contributed by atoms with E-state index in [-0.39, 0.29) is 0 Å². The molecule has 168 valence electrons. The number of aromatic nitrogens is 2. The van der Waals surface area contributed by atoms with Crippen LogP contribution in [0, 0.1) is 0 Å². The molecule has 0 aliphatic carbocycles. The number of aryl methyl sites for hydroxylation is 1. The Balaban J connectivity index is 1.72. The average molecular weight is 443 g/mol. The molecule has 0 bridgehead atoms. The molecular formula is C32H30N2. The Morgan fingerprint density at radius 1 is 0.706 bits per heavy atom. The highest BCUT2D eigenvalue weighted by Crippen LogP contribution is 2.38. The van der Waals surface area contributed by atoms with E-state index in [0.717, 1.165) is 17.8 Å². The van der Waals surface area contributed by atoms with Gasteiger partial charge in [-0.3, -0.25) is 4.57 Å². The molecule has 5 rings (SSSR count). The second kappa shape index (κ2) is 9.52.